The van der Waals surface area contributed by atoms with Crippen LogP contribution in [0.3, 0.4) is 0 Å². The Labute approximate surface area is 126 Å². The first-order valence-corrected chi connectivity index (χ1v) is 7.58. The highest BCUT2D eigenvalue weighted by molar-refractivity contribution is 5.78. The quantitative estimate of drug-likeness (QED) is 0.779. The van der Waals surface area contributed by atoms with Gasteiger partial charge in [-0.05, 0) is 26.3 Å². The third-order valence-corrected chi connectivity index (χ3v) is 3.80. The molecule has 1 N–H and O–H groups in total. The summed E-state index contributed by atoms with van der Waals surface area (Å²) >= 11 is 0. The number of carbonyl (C=O) groups excluding carboxylic acids is 1. The predicted octanol–water partition coefficient (Wildman–Crippen LogP) is 1.38. The smallest absolute Gasteiger partial charge is 0.234 e. The summed E-state index contributed by atoms with van der Waals surface area (Å²) in [4.78, 5) is 16.3. The second-order valence-corrected chi connectivity index (χ2v) is 5.72. The van der Waals surface area contributed by atoms with Crippen LogP contribution in [-0.2, 0) is 4.79 Å². The van der Waals surface area contributed by atoms with E-state index in [1.54, 1.807) is 6.08 Å². The van der Waals surface area contributed by atoms with Crippen molar-refractivity contribution in [2.24, 2.45) is 10.2 Å². The molecule has 116 valence electrons. The minimum atomic E-state index is 0.0218. The van der Waals surface area contributed by atoms with Gasteiger partial charge in [0.1, 0.15) is 5.82 Å². The number of amides is 1. The molecular weight excluding hydrogens is 266 g/mol. The van der Waals surface area contributed by atoms with Gasteiger partial charge in [-0.15, -0.1) is 11.7 Å². The van der Waals surface area contributed by atoms with Crippen LogP contribution in [0.2, 0.25) is 0 Å². The van der Waals surface area contributed by atoms with E-state index >= 15 is 0 Å². The average molecular weight is 291 g/mol. The fourth-order valence-electron chi connectivity index (χ4n) is 2.41. The fraction of sp³-hybridized carbons (Fsp3) is 0.667. The van der Waals surface area contributed by atoms with Crippen LogP contribution in [0, 0.1) is 0 Å². The first-order valence-electron chi connectivity index (χ1n) is 7.58. The molecule has 1 fully saturated rings. The summed E-state index contributed by atoms with van der Waals surface area (Å²) in [5.74, 6) is 1.04. The molecule has 6 nitrogen and oxygen atoms in total. The second kappa shape index (κ2) is 7.36. The van der Waals surface area contributed by atoms with E-state index in [2.05, 4.69) is 44.9 Å². The van der Waals surface area contributed by atoms with Crippen molar-refractivity contribution in [3.8, 4) is 0 Å². The third-order valence-electron chi connectivity index (χ3n) is 3.80. The molecule has 2 aliphatic rings. The molecule has 2 unspecified atom stereocenters. The number of nitrogens with one attached hydrogen (secondary N) is 1. The highest BCUT2D eigenvalue weighted by atomic mass is 16.2. The summed E-state index contributed by atoms with van der Waals surface area (Å²) in [5.41, 5.74) is 0. The van der Waals surface area contributed by atoms with Gasteiger partial charge in [-0.1, -0.05) is 6.08 Å². The van der Waals surface area contributed by atoms with Gasteiger partial charge in [0, 0.05) is 32.2 Å². The zero-order valence-electron chi connectivity index (χ0n) is 13.0. The second-order valence-electron chi connectivity index (χ2n) is 5.72. The summed E-state index contributed by atoms with van der Waals surface area (Å²) in [6, 6.07) is 0.319. The number of carbonyl (C=O) groups is 1. The van der Waals surface area contributed by atoms with Gasteiger partial charge in [-0.2, -0.15) is 5.11 Å². The number of rotatable bonds is 5. The number of piperazine rings is 1. The van der Waals surface area contributed by atoms with Gasteiger partial charge in [0.25, 0.3) is 0 Å². The number of hydrogen-bond donors (Lipinski definition) is 1. The molecule has 2 rings (SSSR count). The highest BCUT2D eigenvalue weighted by Crippen LogP contribution is 2.18. The maximum absolute atomic E-state index is 11.8. The molecule has 0 aliphatic carbocycles. The molecule has 0 saturated carbocycles. The summed E-state index contributed by atoms with van der Waals surface area (Å²) in [7, 11) is 0. The lowest BCUT2D eigenvalue weighted by atomic mass is 10.2. The van der Waals surface area contributed by atoms with Crippen molar-refractivity contribution < 1.29 is 4.79 Å². The van der Waals surface area contributed by atoms with E-state index in [1.165, 1.54) is 0 Å². The number of hydrogen-bond acceptors (Lipinski definition) is 5. The minimum absolute atomic E-state index is 0.0218. The fourth-order valence-corrected chi connectivity index (χ4v) is 2.41. The maximum atomic E-state index is 11.8. The van der Waals surface area contributed by atoms with Gasteiger partial charge >= 0.3 is 0 Å². The van der Waals surface area contributed by atoms with E-state index in [0.29, 0.717) is 12.6 Å². The van der Waals surface area contributed by atoms with E-state index in [9.17, 15) is 4.79 Å². The topological polar surface area (TPSA) is 60.3 Å². The third kappa shape index (κ3) is 4.67. The Kier molecular flexibility index (Phi) is 5.50. The van der Waals surface area contributed by atoms with Crippen molar-refractivity contribution in [3.63, 3.8) is 0 Å². The summed E-state index contributed by atoms with van der Waals surface area (Å²) in [6.07, 6.45) is 4.85. The van der Waals surface area contributed by atoms with Crippen LogP contribution in [0.15, 0.2) is 34.8 Å². The Bertz CT molecular complexity index is 437. The van der Waals surface area contributed by atoms with Crippen LogP contribution in [0.5, 0.6) is 0 Å². The van der Waals surface area contributed by atoms with Crippen molar-refractivity contribution in [1.29, 1.82) is 0 Å². The van der Waals surface area contributed by atoms with Crippen LogP contribution >= 0.6 is 0 Å². The summed E-state index contributed by atoms with van der Waals surface area (Å²) in [6.45, 7) is 11.6. The van der Waals surface area contributed by atoms with Crippen molar-refractivity contribution in [1.82, 2.24) is 15.1 Å². The van der Waals surface area contributed by atoms with E-state index in [4.69, 9.17) is 0 Å². The molecule has 0 spiro atoms. The van der Waals surface area contributed by atoms with Crippen molar-refractivity contribution >= 4 is 5.91 Å². The Balaban J connectivity index is 1.75. The largest absolute Gasteiger partial charge is 0.353 e. The van der Waals surface area contributed by atoms with E-state index < -0.39 is 0 Å². The van der Waals surface area contributed by atoms with Gasteiger partial charge in [-0.25, -0.2) is 0 Å². The lowest BCUT2D eigenvalue weighted by Gasteiger charge is -2.36. The molecule has 6 heteroatoms. The normalized spacial score (nSPS) is 24.4. The van der Waals surface area contributed by atoms with E-state index in [-0.39, 0.29) is 11.9 Å². The molecule has 0 aromatic rings. The van der Waals surface area contributed by atoms with E-state index in [1.807, 2.05) is 6.92 Å². The molecule has 0 aromatic heterocycles. The van der Waals surface area contributed by atoms with Crippen molar-refractivity contribution in [3.05, 3.63) is 24.6 Å². The van der Waals surface area contributed by atoms with Crippen LogP contribution in [-0.4, -0.2) is 60.5 Å². The van der Waals surface area contributed by atoms with Crippen LogP contribution < -0.4 is 5.32 Å². The molecule has 0 bridgehead atoms. The number of nitrogens with zero attached hydrogens (tertiary/aromatic N) is 4. The standard InChI is InChI=1S/C15H25N5O/c1-4-12(2)16-15(21)11-19-7-9-20(10-8-19)14-6-5-13(3)17-18-14/h4,6,12-13H,1,5,7-11H2,2-3H3,(H,16,21). The first-order chi connectivity index (χ1) is 10.1. The lowest BCUT2D eigenvalue weighted by molar-refractivity contribution is -0.122. The Morgan fingerprint density at radius 1 is 1.52 bits per heavy atom. The number of azo groups is 1. The molecule has 2 atom stereocenters. The van der Waals surface area contributed by atoms with Gasteiger partial charge in [0.05, 0.1) is 12.6 Å². The minimum Gasteiger partial charge on any atom is -0.353 e. The molecule has 0 radical (unpaired) electrons. The zero-order valence-corrected chi connectivity index (χ0v) is 13.0. The molecular formula is C15H25N5O. The monoisotopic (exact) mass is 291 g/mol. The zero-order chi connectivity index (χ0) is 15.2. The van der Waals surface area contributed by atoms with Gasteiger partial charge in [0.15, 0.2) is 0 Å². The SMILES string of the molecule is C=CC(C)NC(=O)CN1CCN(C2=CCC(C)N=N2)CC1. The van der Waals surface area contributed by atoms with Gasteiger partial charge in [0.2, 0.25) is 5.91 Å². The Morgan fingerprint density at radius 2 is 2.24 bits per heavy atom. The van der Waals surface area contributed by atoms with E-state index in [0.717, 1.165) is 38.4 Å². The molecule has 2 heterocycles. The molecule has 2 aliphatic heterocycles. The lowest BCUT2D eigenvalue weighted by Crippen LogP contribution is -2.49. The summed E-state index contributed by atoms with van der Waals surface area (Å²) in [5, 5.41) is 11.4. The Morgan fingerprint density at radius 3 is 2.81 bits per heavy atom. The molecule has 1 amide bonds. The highest BCUT2D eigenvalue weighted by Gasteiger charge is 2.21. The van der Waals surface area contributed by atoms with Gasteiger partial charge < -0.3 is 10.2 Å². The molecule has 0 aromatic carbocycles. The first kappa shape index (κ1) is 15.7. The summed E-state index contributed by atoms with van der Waals surface area (Å²) < 4.78 is 0. The van der Waals surface area contributed by atoms with Crippen molar-refractivity contribution in [2.75, 3.05) is 32.7 Å². The Hall–Kier alpha value is -1.69. The van der Waals surface area contributed by atoms with Gasteiger partial charge in [-0.3, -0.25) is 9.69 Å². The molecule has 1 saturated heterocycles. The molecule has 21 heavy (non-hydrogen) atoms. The van der Waals surface area contributed by atoms with Crippen LogP contribution in [0.25, 0.3) is 0 Å². The van der Waals surface area contributed by atoms with Crippen LogP contribution in [0.1, 0.15) is 20.3 Å². The predicted molar refractivity (Wildman–Crippen MR) is 82.8 cm³/mol. The maximum Gasteiger partial charge on any atom is 0.234 e. The average Bonchev–Trinajstić information content (AvgIpc) is 2.48. The van der Waals surface area contributed by atoms with Crippen molar-refractivity contribution in [2.45, 2.75) is 32.4 Å². The van der Waals surface area contributed by atoms with Crippen LogP contribution in [0.4, 0.5) is 0 Å².